The fraction of sp³-hybridized carbons (Fsp3) is 0.636. The summed E-state index contributed by atoms with van der Waals surface area (Å²) in [6.45, 7) is 12.4. The minimum absolute atomic E-state index is 0. The lowest BCUT2D eigenvalue weighted by Gasteiger charge is -2.08. The summed E-state index contributed by atoms with van der Waals surface area (Å²) in [5.41, 5.74) is 1.01. The van der Waals surface area contributed by atoms with E-state index in [1.807, 2.05) is 24.3 Å². The van der Waals surface area contributed by atoms with Crippen molar-refractivity contribution in [3.05, 3.63) is 29.8 Å². The van der Waals surface area contributed by atoms with E-state index in [0.717, 1.165) is 37.4 Å². The average Bonchev–Trinajstić information content (AvgIpc) is 2.67. The lowest BCUT2D eigenvalue weighted by Crippen LogP contribution is -2.21. The Morgan fingerprint density at radius 1 is 0.852 bits per heavy atom. The van der Waals surface area contributed by atoms with Gasteiger partial charge in [0.1, 0.15) is 12.4 Å². The smallest absolute Gasteiger partial charge is 0.119 e. The highest BCUT2D eigenvalue weighted by Gasteiger charge is 1.96. The van der Waals surface area contributed by atoms with E-state index >= 15 is 0 Å². The van der Waals surface area contributed by atoms with E-state index in [2.05, 4.69) is 37.9 Å². The molecule has 5 nitrogen and oxygen atoms in total. The minimum atomic E-state index is 0. The summed E-state index contributed by atoms with van der Waals surface area (Å²) in [6.07, 6.45) is 1.15. The molecule has 0 saturated carbocycles. The van der Waals surface area contributed by atoms with E-state index in [0.29, 0.717) is 45.6 Å². The van der Waals surface area contributed by atoms with Crippen LogP contribution in [0.3, 0.4) is 0 Å². The van der Waals surface area contributed by atoms with Crippen LogP contribution in [0, 0.1) is 17.8 Å². The number of ether oxygens (including phenoxy) is 4. The molecule has 154 valence electrons. The predicted octanol–water partition coefficient (Wildman–Crippen LogP) is 3.37. The molecule has 0 aliphatic heterocycles. The average molecular weight is 380 g/mol. The summed E-state index contributed by atoms with van der Waals surface area (Å²) in [5, 5.41) is 3.29. The normalized spacial score (nSPS) is 10.7. The van der Waals surface area contributed by atoms with Crippen LogP contribution in [-0.4, -0.2) is 59.3 Å². The fourth-order valence-corrected chi connectivity index (χ4v) is 2.07. The zero-order chi connectivity index (χ0) is 19.6. The Balaban J connectivity index is 0.00000729. The fourth-order valence-electron chi connectivity index (χ4n) is 2.07. The Labute approximate surface area is 166 Å². The Kier molecular flexibility index (Phi) is 14.4. The van der Waals surface area contributed by atoms with Crippen molar-refractivity contribution in [1.29, 1.82) is 0 Å². The Morgan fingerprint density at radius 2 is 1.44 bits per heavy atom. The van der Waals surface area contributed by atoms with Crippen LogP contribution < -0.4 is 10.1 Å². The molecule has 0 atom stereocenters. The van der Waals surface area contributed by atoms with Crippen molar-refractivity contribution in [2.24, 2.45) is 5.92 Å². The molecule has 0 radical (unpaired) electrons. The van der Waals surface area contributed by atoms with Gasteiger partial charge in [-0.25, -0.2) is 0 Å². The van der Waals surface area contributed by atoms with Crippen LogP contribution in [0.5, 0.6) is 5.75 Å². The van der Waals surface area contributed by atoms with Gasteiger partial charge in [-0.05, 0) is 37.2 Å². The van der Waals surface area contributed by atoms with Crippen LogP contribution in [-0.2, 0) is 14.2 Å². The van der Waals surface area contributed by atoms with E-state index < -0.39 is 0 Å². The van der Waals surface area contributed by atoms with Crippen LogP contribution in [0.25, 0.3) is 0 Å². The van der Waals surface area contributed by atoms with Gasteiger partial charge in [0.2, 0.25) is 0 Å². The third-order valence-electron chi connectivity index (χ3n) is 3.45. The van der Waals surface area contributed by atoms with Gasteiger partial charge in [-0.2, -0.15) is 0 Å². The highest BCUT2D eigenvalue weighted by atomic mass is 16.6. The number of rotatable bonds is 15. The van der Waals surface area contributed by atoms with Gasteiger partial charge >= 0.3 is 0 Å². The van der Waals surface area contributed by atoms with Crippen LogP contribution >= 0.6 is 0 Å². The summed E-state index contributed by atoms with van der Waals surface area (Å²) in [7, 11) is 0. The zero-order valence-electron chi connectivity index (χ0n) is 17.1. The number of nitrogens with one attached hydrogen (secondary N) is 1. The van der Waals surface area contributed by atoms with Gasteiger partial charge in [0, 0.05) is 19.5 Å². The van der Waals surface area contributed by atoms with Gasteiger partial charge in [-0.1, -0.05) is 32.6 Å². The molecular formula is C22H37NO4. The maximum atomic E-state index is 5.65. The second-order valence-electron chi connectivity index (χ2n) is 6.38. The molecule has 5 heteroatoms. The molecule has 1 aromatic carbocycles. The lowest BCUT2D eigenvalue weighted by atomic mass is 10.2. The quantitative estimate of drug-likeness (QED) is 0.374. The van der Waals surface area contributed by atoms with Crippen LogP contribution in [0.2, 0.25) is 0 Å². The van der Waals surface area contributed by atoms with E-state index in [4.69, 9.17) is 18.9 Å². The maximum Gasteiger partial charge on any atom is 0.119 e. The van der Waals surface area contributed by atoms with E-state index in [9.17, 15) is 0 Å². The summed E-state index contributed by atoms with van der Waals surface area (Å²) in [5.74, 6) is 7.49. The van der Waals surface area contributed by atoms with Crippen molar-refractivity contribution in [3.63, 3.8) is 0 Å². The van der Waals surface area contributed by atoms with Crippen LogP contribution in [0.1, 0.15) is 34.2 Å². The summed E-state index contributed by atoms with van der Waals surface area (Å²) >= 11 is 0. The highest BCUT2D eigenvalue weighted by Crippen LogP contribution is 2.11. The zero-order valence-corrected chi connectivity index (χ0v) is 17.1. The van der Waals surface area contributed by atoms with Crippen molar-refractivity contribution in [3.8, 4) is 17.6 Å². The molecule has 1 N–H and O–H groups in total. The molecule has 0 spiro atoms. The molecule has 0 aliphatic carbocycles. The van der Waals surface area contributed by atoms with Gasteiger partial charge in [0.25, 0.3) is 0 Å². The van der Waals surface area contributed by atoms with Crippen molar-refractivity contribution >= 4 is 0 Å². The Hall–Kier alpha value is -1.58. The minimum Gasteiger partial charge on any atom is -0.491 e. The van der Waals surface area contributed by atoms with Crippen molar-refractivity contribution in [2.45, 2.75) is 27.2 Å². The topological polar surface area (TPSA) is 49.0 Å². The van der Waals surface area contributed by atoms with E-state index in [-0.39, 0.29) is 1.43 Å². The first-order valence-electron chi connectivity index (χ1n) is 9.90. The molecule has 27 heavy (non-hydrogen) atoms. The molecular weight excluding hydrogens is 342 g/mol. The number of hydrogen-bond acceptors (Lipinski definition) is 5. The maximum absolute atomic E-state index is 5.65. The van der Waals surface area contributed by atoms with Gasteiger partial charge < -0.3 is 24.3 Å². The van der Waals surface area contributed by atoms with Gasteiger partial charge in [0.05, 0.1) is 39.6 Å². The molecule has 0 saturated heterocycles. The first-order valence-corrected chi connectivity index (χ1v) is 9.90. The molecule has 1 aromatic rings. The van der Waals surface area contributed by atoms with Gasteiger partial charge in [-0.15, -0.1) is 0 Å². The van der Waals surface area contributed by atoms with Crippen LogP contribution in [0.15, 0.2) is 24.3 Å². The van der Waals surface area contributed by atoms with E-state index in [1.54, 1.807) is 0 Å². The summed E-state index contributed by atoms with van der Waals surface area (Å²) in [6, 6.07) is 7.82. The van der Waals surface area contributed by atoms with Crippen molar-refractivity contribution < 1.29 is 20.4 Å². The van der Waals surface area contributed by atoms with Crippen molar-refractivity contribution in [2.75, 3.05) is 59.3 Å². The first kappa shape index (κ1) is 23.5. The van der Waals surface area contributed by atoms with Gasteiger partial charge in [-0.3, -0.25) is 0 Å². The van der Waals surface area contributed by atoms with Gasteiger partial charge in [0.15, 0.2) is 0 Å². The lowest BCUT2D eigenvalue weighted by molar-refractivity contribution is 0.00987. The largest absolute Gasteiger partial charge is 0.491 e. The van der Waals surface area contributed by atoms with E-state index in [1.165, 1.54) is 0 Å². The standard InChI is InChI=1S/C22H35NO4.H2/c1-4-11-23-12-13-24-14-15-25-16-17-26-18-19-27-22-9-7-21(8-10-22)6-5-20(2)3;/h7-10,20,23H,4,11-19H2,1-3H3;1H. The molecule has 0 heterocycles. The SMILES string of the molecule is CCCNCCOCCOCCOCCOc1ccc(C#CC(C)C)cc1.[HH]. The van der Waals surface area contributed by atoms with Crippen LogP contribution in [0.4, 0.5) is 0 Å². The third-order valence-corrected chi connectivity index (χ3v) is 3.45. The molecule has 1 rings (SSSR count). The van der Waals surface area contributed by atoms with Crippen molar-refractivity contribution in [1.82, 2.24) is 5.32 Å². The molecule has 0 aromatic heterocycles. The monoisotopic (exact) mass is 379 g/mol. The summed E-state index contributed by atoms with van der Waals surface area (Å²) in [4.78, 5) is 0. The third kappa shape index (κ3) is 14.2. The molecule has 0 amide bonds. The Morgan fingerprint density at radius 3 is 2.04 bits per heavy atom. The number of hydrogen-bond donors (Lipinski definition) is 1. The Bertz CT molecular complexity index is 526. The molecule has 0 unspecified atom stereocenters. The molecule has 0 aliphatic rings. The second kappa shape index (κ2) is 16.6. The highest BCUT2D eigenvalue weighted by molar-refractivity contribution is 5.38. The first-order chi connectivity index (χ1) is 13.2. The second-order valence-corrected chi connectivity index (χ2v) is 6.38. The number of benzene rings is 1. The molecule has 0 fully saturated rings. The summed E-state index contributed by atoms with van der Waals surface area (Å²) < 4.78 is 22.0. The molecule has 0 bridgehead atoms. The predicted molar refractivity (Wildman–Crippen MR) is 111 cm³/mol.